The van der Waals surface area contributed by atoms with Gasteiger partial charge in [0.05, 0.1) is 24.1 Å². The van der Waals surface area contributed by atoms with Gasteiger partial charge in [0.15, 0.2) is 11.6 Å². The molecule has 0 radical (unpaired) electrons. The number of Topliss-reactive ketones (excluding diaryl/α,β-unsaturated/α-hetero) is 1. The van der Waals surface area contributed by atoms with E-state index in [9.17, 15) is 4.79 Å². The minimum Gasteiger partial charge on any atom is -0.497 e. The van der Waals surface area contributed by atoms with Crippen molar-refractivity contribution in [1.29, 1.82) is 0 Å². The first-order chi connectivity index (χ1) is 13.2. The summed E-state index contributed by atoms with van der Waals surface area (Å²) >= 11 is 0. The van der Waals surface area contributed by atoms with Gasteiger partial charge in [-0.2, -0.15) is 0 Å². The molecule has 4 rings (SSSR count). The van der Waals surface area contributed by atoms with Crippen LogP contribution in [0.3, 0.4) is 0 Å². The number of fused-ring (bicyclic) bond motifs is 1. The molecule has 0 fully saturated rings. The lowest BCUT2D eigenvalue weighted by Gasteiger charge is -2.13. The molecule has 5 nitrogen and oxygen atoms in total. The molecule has 1 heterocycles. The van der Waals surface area contributed by atoms with Crippen LogP contribution in [0.2, 0.25) is 0 Å². The fraction of sp³-hybridized carbons (Fsp3) is 0.273. The highest BCUT2D eigenvalue weighted by atomic mass is 16.5. The second-order valence-corrected chi connectivity index (χ2v) is 6.73. The van der Waals surface area contributed by atoms with Crippen molar-refractivity contribution in [1.82, 2.24) is 9.78 Å². The number of carbonyl (C=O) groups excluding carboxylic acids is 1. The van der Waals surface area contributed by atoms with Crippen LogP contribution in [0.4, 0.5) is 11.5 Å². The zero-order valence-electron chi connectivity index (χ0n) is 15.7. The van der Waals surface area contributed by atoms with E-state index in [4.69, 9.17) is 9.84 Å². The molecule has 3 aromatic rings. The number of rotatable bonds is 5. The van der Waals surface area contributed by atoms with Crippen LogP contribution < -0.4 is 10.1 Å². The fourth-order valence-corrected chi connectivity index (χ4v) is 3.50. The SMILES string of the molecule is CCc1ccc(Nc2nn(-c3ccc(OC)cc3)c3c2C(=O)CCC3)cc1. The van der Waals surface area contributed by atoms with Gasteiger partial charge in [-0.05, 0) is 61.2 Å². The lowest BCUT2D eigenvalue weighted by atomic mass is 9.95. The molecular weight excluding hydrogens is 338 g/mol. The van der Waals surface area contributed by atoms with Gasteiger partial charge in [0.25, 0.3) is 0 Å². The van der Waals surface area contributed by atoms with Gasteiger partial charge >= 0.3 is 0 Å². The van der Waals surface area contributed by atoms with Gasteiger partial charge in [-0.25, -0.2) is 4.68 Å². The van der Waals surface area contributed by atoms with Crippen LogP contribution in [0.25, 0.3) is 5.69 Å². The van der Waals surface area contributed by atoms with Crippen molar-refractivity contribution in [3.05, 3.63) is 65.4 Å². The molecule has 2 aromatic carbocycles. The number of nitrogens with one attached hydrogen (secondary N) is 1. The number of hydrogen-bond donors (Lipinski definition) is 1. The van der Waals surface area contributed by atoms with E-state index < -0.39 is 0 Å². The molecule has 0 bridgehead atoms. The average Bonchev–Trinajstić information content (AvgIpc) is 3.08. The fourth-order valence-electron chi connectivity index (χ4n) is 3.50. The first-order valence-corrected chi connectivity index (χ1v) is 9.35. The zero-order valence-corrected chi connectivity index (χ0v) is 15.7. The summed E-state index contributed by atoms with van der Waals surface area (Å²) < 4.78 is 7.13. The van der Waals surface area contributed by atoms with E-state index in [2.05, 4.69) is 24.4 Å². The lowest BCUT2D eigenvalue weighted by molar-refractivity contribution is 0.0973. The van der Waals surface area contributed by atoms with Gasteiger partial charge in [-0.3, -0.25) is 4.79 Å². The Bertz CT molecular complexity index is 956. The minimum atomic E-state index is 0.156. The summed E-state index contributed by atoms with van der Waals surface area (Å²) in [7, 11) is 1.65. The number of carbonyl (C=O) groups is 1. The third-order valence-corrected chi connectivity index (χ3v) is 5.02. The molecule has 1 aliphatic rings. The van der Waals surface area contributed by atoms with Crippen LogP contribution >= 0.6 is 0 Å². The van der Waals surface area contributed by atoms with Crippen LogP contribution in [0.15, 0.2) is 48.5 Å². The molecule has 1 aromatic heterocycles. The van der Waals surface area contributed by atoms with Crippen molar-refractivity contribution < 1.29 is 9.53 Å². The molecule has 0 aliphatic heterocycles. The van der Waals surface area contributed by atoms with Crippen molar-refractivity contribution in [2.75, 3.05) is 12.4 Å². The Kier molecular flexibility index (Phi) is 4.67. The lowest BCUT2D eigenvalue weighted by Crippen LogP contribution is -2.13. The molecule has 1 N–H and O–H groups in total. The highest BCUT2D eigenvalue weighted by molar-refractivity contribution is 6.03. The summed E-state index contributed by atoms with van der Waals surface area (Å²) in [5, 5.41) is 8.10. The highest BCUT2D eigenvalue weighted by Crippen LogP contribution is 2.32. The maximum atomic E-state index is 12.6. The van der Waals surface area contributed by atoms with Crippen molar-refractivity contribution in [3.8, 4) is 11.4 Å². The predicted molar refractivity (Wildman–Crippen MR) is 106 cm³/mol. The highest BCUT2D eigenvalue weighted by Gasteiger charge is 2.27. The first kappa shape index (κ1) is 17.3. The number of methoxy groups -OCH3 is 1. The molecular formula is C22H23N3O2. The van der Waals surface area contributed by atoms with Gasteiger partial charge in [0, 0.05) is 12.1 Å². The maximum absolute atomic E-state index is 12.6. The Morgan fingerprint density at radius 2 is 1.81 bits per heavy atom. The van der Waals surface area contributed by atoms with Crippen LogP contribution in [-0.4, -0.2) is 22.7 Å². The minimum absolute atomic E-state index is 0.156. The number of aryl methyl sites for hydroxylation is 1. The smallest absolute Gasteiger partial charge is 0.168 e. The second-order valence-electron chi connectivity index (χ2n) is 6.73. The molecule has 138 valence electrons. The first-order valence-electron chi connectivity index (χ1n) is 9.35. The zero-order chi connectivity index (χ0) is 18.8. The van der Waals surface area contributed by atoms with Crippen LogP contribution in [-0.2, 0) is 12.8 Å². The molecule has 0 saturated carbocycles. The molecule has 0 amide bonds. The van der Waals surface area contributed by atoms with Crippen molar-refractivity contribution in [2.24, 2.45) is 0 Å². The molecule has 0 atom stereocenters. The van der Waals surface area contributed by atoms with E-state index in [-0.39, 0.29) is 5.78 Å². The summed E-state index contributed by atoms with van der Waals surface area (Å²) in [4.78, 5) is 12.6. The van der Waals surface area contributed by atoms with E-state index in [1.807, 2.05) is 41.1 Å². The number of nitrogens with zero attached hydrogens (tertiary/aromatic N) is 2. The quantitative estimate of drug-likeness (QED) is 0.715. The molecule has 0 unspecified atom stereocenters. The van der Waals surface area contributed by atoms with Gasteiger partial charge in [0.1, 0.15) is 5.75 Å². The summed E-state index contributed by atoms with van der Waals surface area (Å²) in [5.74, 6) is 1.59. The van der Waals surface area contributed by atoms with Gasteiger partial charge in [-0.1, -0.05) is 19.1 Å². The van der Waals surface area contributed by atoms with E-state index in [0.29, 0.717) is 12.2 Å². The van der Waals surface area contributed by atoms with E-state index >= 15 is 0 Å². The number of hydrogen-bond acceptors (Lipinski definition) is 4. The number of benzene rings is 2. The molecule has 27 heavy (non-hydrogen) atoms. The van der Waals surface area contributed by atoms with Crippen LogP contribution in [0.1, 0.15) is 41.4 Å². The Morgan fingerprint density at radius 1 is 1.07 bits per heavy atom. The average molecular weight is 361 g/mol. The van der Waals surface area contributed by atoms with E-state index in [1.54, 1.807) is 7.11 Å². The summed E-state index contributed by atoms with van der Waals surface area (Å²) in [5.41, 5.74) is 4.84. The number of ketones is 1. The topological polar surface area (TPSA) is 56.1 Å². The maximum Gasteiger partial charge on any atom is 0.168 e. The standard InChI is InChI=1S/C22H23N3O2/c1-3-15-7-9-16(10-8-15)23-22-21-19(5-4-6-20(21)26)25(24-22)17-11-13-18(27-2)14-12-17/h7-14H,3-6H2,1-2H3,(H,23,24). The van der Waals surface area contributed by atoms with E-state index in [1.165, 1.54) is 5.56 Å². The Morgan fingerprint density at radius 3 is 2.48 bits per heavy atom. The van der Waals surface area contributed by atoms with E-state index in [0.717, 1.165) is 47.6 Å². The van der Waals surface area contributed by atoms with Gasteiger partial charge < -0.3 is 10.1 Å². The van der Waals surface area contributed by atoms with Crippen molar-refractivity contribution in [2.45, 2.75) is 32.6 Å². The Hall–Kier alpha value is -3.08. The van der Waals surface area contributed by atoms with Crippen LogP contribution in [0.5, 0.6) is 5.75 Å². The Balaban J connectivity index is 1.74. The number of ether oxygens (including phenoxy) is 1. The molecule has 5 heteroatoms. The summed E-state index contributed by atoms with van der Waals surface area (Å²) in [6, 6.07) is 16.0. The second kappa shape index (κ2) is 7.27. The third-order valence-electron chi connectivity index (χ3n) is 5.02. The van der Waals surface area contributed by atoms with Crippen molar-refractivity contribution in [3.63, 3.8) is 0 Å². The molecule has 0 saturated heterocycles. The predicted octanol–water partition coefficient (Wildman–Crippen LogP) is 4.71. The molecule has 1 aliphatic carbocycles. The number of aromatic nitrogens is 2. The largest absolute Gasteiger partial charge is 0.497 e. The van der Waals surface area contributed by atoms with Gasteiger partial charge in [0.2, 0.25) is 0 Å². The van der Waals surface area contributed by atoms with Crippen molar-refractivity contribution >= 4 is 17.3 Å². The molecule has 0 spiro atoms. The monoisotopic (exact) mass is 361 g/mol. The third kappa shape index (κ3) is 3.33. The summed E-state index contributed by atoms with van der Waals surface area (Å²) in [6.45, 7) is 2.13. The van der Waals surface area contributed by atoms with Gasteiger partial charge in [-0.15, -0.1) is 5.10 Å². The van der Waals surface area contributed by atoms with Crippen LogP contribution in [0, 0.1) is 0 Å². The summed E-state index contributed by atoms with van der Waals surface area (Å²) in [6.07, 6.45) is 3.28. The number of anilines is 2. The Labute approximate surface area is 159 Å². The normalized spacial score (nSPS) is 13.3.